The molecule has 0 fully saturated rings. The summed E-state index contributed by atoms with van der Waals surface area (Å²) in [6.07, 6.45) is 2.01. The van der Waals surface area contributed by atoms with Crippen LogP contribution in [0.4, 0.5) is 4.39 Å². The first-order valence-electron chi connectivity index (χ1n) is 4.40. The Morgan fingerprint density at radius 1 is 1.57 bits per heavy atom. The predicted octanol–water partition coefficient (Wildman–Crippen LogP) is 2.00. The molecule has 14 heavy (non-hydrogen) atoms. The number of thioether (sulfide) groups is 1. The minimum absolute atomic E-state index is 0.0873. The fraction of sp³-hybridized carbons (Fsp3) is 0.400. The molecular formula is C10H15FN2S. The van der Waals surface area contributed by atoms with E-state index in [-0.39, 0.29) is 11.9 Å². The van der Waals surface area contributed by atoms with E-state index in [4.69, 9.17) is 5.84 Å². The molecule has 3 N–H and O–H groups in total. The van der Waals surface area contributed by atoms with Crippen LogP contribution in [0.5, 0.6) is 0 Å². The van der Waals surface area contributed by atoms with Gasteiger partial charge in [0.1, 0.15) is 5.82 Å². The summed E-state index contributed by atoms with van der Waals surface area (Å²) < 4.78 is 13.0. The Morgan fingerprint density at radius 3 is 2.79 bits per heavy atom. The zero-order valence-corrected chi connectivity index (χ0v) is 9.20. The quantitative estimate of drug-likeness (QED) is 0.594. The maximum absolute atomic E-state index is 13.0. The third kappa shape index (κ3) is 2.70. The van der Waals surface area contributed by atoms with Crippen molar-refractivity contribution >= 4 is 11.8 Å². The van der Waals surface area contributed by atoms with Crippen LogP contribution >= 0.6 is 11.8 Å². The van der Waals surface area contributed by atoms with E-state index < -0.39 is 0 Å². The number of hydrazine groups is 1. The highest BCUT2D eigenvalue weighted by molar-refractivity contribution is 7.98. The molecule has 0 amide bonds. The summed E-state index contributed by atoms with van der Waals surface area (Å²) in [6.45, 7) is 1.76. The first kappa shape index (κ1) is 11.5. The molecule has 0 aromatic heterocycles. The number of benzene rings is 1. The molecule has 0 spiro atoms. The molecule has 78 valence electrons. The van der Waals surface area contributed by atoms with Crippen molar-refractivity contribution in [3.63, 3.8) is 0 Å². The summed E-state index contributed by atoms with van der Waals surface area (Å²) in [6, 6.07) is 5.17. The van der Waals surface area contributed by atoms with E-state index in [2.05, 4.69) is 5.43 Å². The second-order valence-electron chi connectivity index (χ2n) is 3.18. The van der Waals surface area contributed by atoms with Crippen LogP contribution in [0, 0.1) is 12.7 Å². The van der Waals surface area contributed by atoms with Crippen LogP contribution in [0.15, 0.2) is 18.2 Å². The Labute approximate surface area is 88.0 Å². The van der Waals surface area contributed by atoms with Gasteiger partial charge in [-0.3, -0.25) is 11.3 Å². The van der Waals surface area contributed by atoms with Gasteiger partial charge in [0.15, 0.2) is 0 Å². The van der Waals surface area contributed by atoms with E-state index in [1.165, 1.54) is 6.07 Å². The van der Waals surface area contributed by atoms with Crippen molar-refractivity contribution in [2.24, 2.45) is 5.84 Å². The Hall–Kier alpha value is -0.580. The molecule has 0 aliphatic rings. The third-order valence-electron chi connectivity index (χ3n) is 2.12. The average Bonchev–Trinajstić information content (AvgIpc) is 2.19. The first-order valence-corrected chi connectivity index (χ1v) is 5.79. The normalized spacial score (nSPS) is 12.9. The molecule has 0 aliphatic heterocycles. The van der Waals surface area contributed by atoms with E-state index in [0.717, 1.165) is 11.3 Å². The second kappa shape index (κ2) is 5.34. The number of rotatable bonds is 4. The lowest BCUT2D eigenvalue weighted by atomic mass is 10.1. The highest BCUT2D eigenvalue weighted by Gasteiger charge is 2.09. The van der Waals surface area contributed by atoms with Gasteiger partial charge in [0.25, 0.3) is 0 Å². The number of halogens is 1. The Balaban J connectivity index is 2.88. The maximum atomic E-state index is 13.0. The SMILES string of the molecule is CSCC(NN)c1ccc(F)c(C)c1. The fourth-order valence-corrected chi connectivity index (χ4v) is 1.91. The summed E-state index contributed by atoms with van der Waals surface area (Å²) in [5.74, 6) is 6.13. The van der Waals surface area contributed by atoms with Crippen molar-refractivity contribution in [1.82, 2.24) is 5.43 Å². The van der Waals surface area contributed by atoms with Crippen LogP contribution in [-0.4, -0.2) is 12.0 Å². The largest absolute Gasteiger partial charge is 0.271 e. The number of nitrogens with two attached hydrogens (primary N) is 1. The Bertz CT molecular complexity index is 304. The van der Waals surface area contributed by atoms with Crippen LogP contribution < -0.4 is 11.3 Å². The maximum Gasteiger partial charge on any atom is 0.126 e. The summed E-state index contributed by atoms with van der Waals surface area (Å²) in [7, 11) is 0. The van der Waals surface area contributed by atoms with E-state index in [9.17, 15) is 4.39 Å². The molecule has 1 aromatic carbocycles. The van der Waals surface area contributed by atoms with Crippen LogP contribution in [-0.2, 0) is 0 Å². The average molecular weight is 214 g/mol. The van der Waals surface area contributed by atoms with Crippen LogP contribution in [0.2, 0.25) is 0 Å². The molecule has 1 aromatic rings. The highest BCUT2D eigenvalue weighted by Crippen LogP contribution is 2.18. The standard InChI is InChI=1S/C10H15FN2S/c1-7-5-8(3-4-9(7)11)10(13-12)6-14-2/h3-5,10,13H,6,12H2,1-2H3. The summed E-state index contributed by atoms with van der Waals surface area (Å²) in [5, 5.41) is 0. The van der Waals surface area contributed by atoms with Gasteiger partial charge in [-0.25, -0.2) is 4.39 Å². The first-order chi connectivity index (χ1) is 6.69. The molecule has 0 bridgehead atoms. The van der Waals surface area contributed by atoms with Crippen molar-refractivity contribution in [3.05, 3.63) is 35.1 Å². The van der Waals surface area contributed by atoms with E-state index in [1.54, 1.807) is 24.8 Å². The molecule has 0 saturated heterocycles. The molecule has 1 unspecified atom stereocenters. The summed E-state index contributed by atoms with van der Waals surface area (Å²) >= 11 is 1.70. The predicted molar refractivity (Wildman–Crippen MR) is 59.6 cm³/mol. The molecule has 4 heteroatoms. The minimum Gasteiger partial charge on any atom is -0.271 e. The lowest BCUT2D eigenvalue weighted by Crippen LogP contribution is -2.29. The molecule has 0 aliphatic carbocycles. The van der Waals surface area contributed by atoms with Crippen molar-refractivity contribution in [2.75, 3.05) is 12.0 Å². The number of hydrogen-bond donors (Lipinski definition) is 2. The van der Waals surface area contributed by atoms with Crippen molar-refractivity contribution in [2.45, 2.75) is 13.0 Å². The van der Waals surface area contributed by atoms with Gasteiger partial charge in [-0.05, 0) is 30.4 Å². The van der Waals surface area contributed by atoms with Gasteiger partial charge in [0.2, 0.25) is 0 Å². The van der Waals surface area contributed by atoms with Crippen LogP contribution in [0.25, 0.3) is 0 Å². The molecule has 0 radical (unpaired) electrons. The van der Waals surface area contributed by atoms with Crippen molar-refractivity contribution < 1.29 is 4.39 Å². The van der Waals surface area contributed by atoms with Crippen LogP contribution in [0.1, 0.15) is 17.2 Å². The summed E-state index contributed by atoms with van der Waals surface area (Å²) in [4.78, 5) is 0. The Morgan fingerprint density at radius 2 is 2.29 bits per heavy atom. The molecule has 1 rings (SSSR count). The van der Waals surface area contributed by atoms with E-state index in [1.807, 2.05) is 12.3 Å². The molecule has 0 heterocycles. The number of nitrogens with one attached hydrogen (secondary N) is 1. The minimum atomic E-state index is -0.173. The zero-order valence-electron chi connectivity index (χ0n) is 8.38. The smallest absolute Gasteiger partial charge is 0.126 e. The highest BCUT2D eigenvalue weighted by atomic mass is 32.2. The zero-order chi connectivity index (χ0) is 10.6. The van der Waals surface area contributed by atoms with Gasteiger partial charge in [-0.2, -0.15) is 11.8 Å². The van der Waals surface area contributed by atoms with Gasteiger partial charge in [0, 0.05) is 5.75 Å². The Kier molecular flexibility index (Phi) is 4.38. The monoisotopic (exact) mass is 214 g/mol. The lowest BCUT2D eigenvalue weighted by Gasteiger charge is -2.15. The van der Waals surface area contributed by atoms with E-state index in [0.29, 0.717) is 5.56 Å². The van der Waals surface area contributed by atoms with Gasteiger partial charge in [-0.1, -0.05) is 12.1 Å². The fourth-order valence-electron chi connectivity index (χ4n) is 1.29. The lowest BCUT2D eigenvalue weighted by molar-refractivity contribution is 0.597. The van der Waals surface area contributed by atoms with Gasteiger partial charge in [0.05, 0.1) is 6.04 Å². The molecule has 2 nitrogen and oxygen atoms in total. The van der Waals surface area contributed by atoms with E-state index >= 15 is 0 Å². The van der Waals surface area contributed by atoms with Crippen molar-refractivity contribution in [3.8, 4) is 0 Å². The summed E-state index contributed by atoms with van der Waals surface area (Å²) in [5.41, 5.74) is 4.41. The molecule has 1 atom stereocenters. The molecule has 0 saturated carbocycles. The third-order valence-corrected chi connectivity index (χ3v) is 2.79. The van der Waals surface area contributed by atoms with Crippen LogP contribution in [0.3, 0.4) is 0 Å². The number of hydrogen-bond acceptors (Lipinski definition) is 3. The number of aryl methyl sites for hydroxylation is 1. The van der Waals surface area contributed by atoms with Gasteiger partial charge in [-0.15, -0.1) is 0 Å². The second-order valence-corrected chi connectivity index (χ2v) is 4.09. The van der Waals surface area contributed by atoms with Gasteiger partial charge >= 0.3 is 0 Å². The van der Waals surface area contributed by atoms with Gasteiger partial charge < -0.3 is 0 Å². The molecular weight excluding hydrogens is 199 g/mol. The van der Waals surface area contributed by atoms with Crippen molar-refractivity contribution in [1.29, 1.82) is 0 Å². The topological polar surface area (TPSA) is 38.0 Å².